The summed E-state index contributed by atoms with van der Waals surface area (Å²) in [5.74, 6) is -0.298. The fourth-order valence-electron chi connectivity index (χ4n) is 5.82. The number of anilines is 2. The van der Waals surface area contributed by atoms with Crippen molar-refractivity contribution in [3.05, 3.63) is 53.3 Å². The first-order valence-electron chi connectivity index (χ1n) is 13.2. The summed E-state index contributed by atoms with van der Waals surface area (Å²) in [6, 6.07) is 9.40. The fourth-order valence-corrected chi connectivity index (χ4v) is 5.82. The molecule has 8 nitrogen and oxygen atoms in total. The van der Waals surface area contributed by atoms with Gasteiger partial charge in [-0.25, -0.2) is 0 Å². The molecule has 1 N–H and O–H groups in total. The molecule has 3 aliphatic rings. The predicted octanol–water partition coefficient (Wildman–Crippen LogP) is 4.34. The standard InChI is InChI=1S/C29H35N5O3/c1-5-6-7-8-19(2)26(36)37-27-29(16-32-27)17-33(18-29)21-12-22(15-31-14-21)34-25(35)23-10-9-20(13-30)11-24(23)28(34,3)4/h9-12,14-15,19,27,32H,5-8,16-18H2,1-4H3. The summed E-state index contributed by atoms with van der Waals surface area (Å²) in [6.45, 7) is 10.4. The number of carbonyl (C=O) groups excluding carboxylic acids is 2. The van der Waals surface area contributed by atoms with Crippen LogP contribution in [0.2, 0.25) is 0 Å². The number of aromatic nitrogens is 1. The highest BCUT2D eigenvalue weighted by Crippen LogP contribution is 2.45. The number of hydrogen-bond donors (Lipinski definition) is 1. The molecule has 4 heterocycles. The Morgan fingerprint density at radius 2 is 2.00 bits per heavy atom. The zero-order chi connectivity index (χ0) is 26.4. The normalized spacial score (nSPS) is 21.6. The van der Waals surface area contributed by atoms with Crippen LogP contribution in [0.1, 0.15) is 74.9 Å². The molecule has 2 saturated heterocycles. The molecule has 1 spiro atoms. The third kappa shape index (κ3) is 4.25. The van der Waals surface area contributed by atoms with E-state index in [0.29, 0.717) is 11.1 Å². The van der Waals surface area contributed by atoms with E-state index in [1.165, 1.54) is 0 Å². The summed E-state index contributed by atoms with van der Waals surface area (Å²) in [6.07, 6.45) is 7.46. The molecular formula is C29H35N5O3. The molecule has 1 amide bonds. The minimum atomic E-state index is -0.610. The number of unbranched alkanes of at least 4 members (excludes halogenated alkanes) is 2. The second kappa shape index (κ2) is 9.46. The van der Waals surface area contributed by atoms with Crippen LogP contribution in [0, 0.1) is 22.7 Å². The van der Waals surface area contributed by atoms with E-state index in [1.54, 1.807) is 29.3 Å². The number of amides is 1. The molecular weight excluding hydrogens is 466 g/mol. The maximum Gasteiger partial charge on any atom is 0.310 e. The van der Waals surface area contributed by atoms with E-state index in [-0.39, 0.29) is 29.4 Å². The maximum atomic E-state index is 13.4. The minimum Gasteiger partial charge on any atom is -0.446 e. The van der Waals surface area contributed by atoms with Gasteiger partial charge in [-0.3, -0.25) is 24.8 Å². The molecule has 8 heteroatoms. The lowest BCUT2D eigenvalue weighted by Crippen LogP contribution is -2.77. The number of pyridine rings is 1. The summed E-state index contributed by atoms with van der Waals surface area (Å²) in [5, 5.41) is 12.6. The first kappa shape index (κ1) is 25.2. The van der Waals surface area contributed by atoms with Crippen molar-refractivity contribution >= 4 is 23.3 Å². The number of fused-ring (bicyclic) bond motifs is 1. The van der Waals surface area contributed by atoms with Crippen LogP contribution in [0.4, 0.5) is 11.4 Å². The molecule has 2 aromatic rings. The monoisotopic (exact) mass is 501 g/mol. The molecule has 3 aliphatic heterocycles. The van der Waals surface area contributed by atoms with Crippen molar-refractivity contribution in [2.45, 2.75) is 65.1 Å². The predicted molar refractivity (Wildman–Crippen MR) is 141 cm³/mol. The van der Waals surface area contributed by atoms with Crippen LogP contribution in [-0.4, -0.2) is 42.7 Å². The van der Waals surface area contributed by atoms with Crippen LogP contribution in [0.5, 0.6) is 0 Å². The number of nitrogens with zero attached hydrogens (tertiary/aromatic N) is 4. The lowest BCUT2D eigenvalue weighted by Gasteiger charge is -2.60. The zero-order valence-electron chi connectivity index (χ0n) is 22.1. The highest BCUT2D eigenvalue weighted by atomic mass is 16.6. The van der Waals surface area contributed by atoms with Crippen LogP contribution in [0.3, 0.4) is 0 Å². The van der Waals surface area contributed by atoms with E-state index in [2.05, 4.69) is 28.2 Å². The molecule has 0 bridgehead atoms. The van der Waals surface area contributed by atoms with Gasteiger partial charge in [0, 0.05) is 25.2 Å². The lowest BCUT2D eigenvalue weighted by atomic mass is 9.72. The highest BCUT2D eigenvalue weighted by Gasteiger charge is 2.57. The SMILES string of the molecule is CCCCCC(C)C(=O)OC1NCC12CN(c1cncc(N3C(=O)c4ccc(C#N)cc4C3(C)C)c1)C2. The second-order valence-electron chi connectivity index (χ2n) is 11.3. The van der Waals surface area contributed by atoms with Crippen molar-refractivity contribution in [2.24, 2.45) is 11.3 Å². The number of ether oxygens (including phenoxy) is 1. The number of rotatable bonds is 8. The maximum absolute atomic E-state index is 13.4. The Bertz CT molecular complexity index is 1260. The van der Waals surface area contributed by atoms with E-state index >= 15 is 0 Å². The van der Waals surface area contributed by atoms with Gasteiger partial charge >= 0.3 is 5.97 Å². The average Bonchev–Trinajstić information content (AvgIpc) is 3.05. The van der Waals surface area contributed by atoms with Crippen LogP contribution in [0.25, 0.3) is 0 Å². The zero-order valence-corrected chi connectivity index (χ0v) is 22.1. The summed E-state index contributed by atoms with van der Waals surface area (Å²) in [7, 11) is 0. The van der Waals surface area contributed by atoms with Gasteiger partial charge in [0.25, 0.3) is 5.91 Å². The van der Waals surface area contributed by atoms with Gasteiger partial charge in [0.15, 0.2) is 6.23 Å². The number of esters is 1. The Morgan fingerprint density at radius 3 is 2.68 bits per heavy atom. The number of nitrogens with one attached hydrogen (secondary N) is 1. The van der Waals surface area contributed by atoms with Gasteiger partial charge < -0.3 is 9.64 Å². The molecule has 1 aromatic carbocycles. The van der Waals surface area contributed by atoms with E-state index in [1.807, 2.05) is 33.0 Å². The Morgan fingerprint density at radius 1 is 1.24 bits per heavy atom. The van der Waals surface area contributed by atoms with Crippen molar-refractivity contribution < 1.29 is 14.3 Å². The van der Waals surface area contributed by atoms with Gasteiger partial charge in [0.2, 0.25) is 0 Å². The topological polar surface area (TPSA) is 98.6 Å². The number of hydrogen-bond acceptors (Lipinski definition) is 7. The van der Waals surface area contributed by atoms with Crippen molar-refractivity contribution in [1.82, 2.24) is 10.3 Å². The molecule has 194 valence electrons. The lowest BCUT2D eigenvalue weighted by molar-refractivity contribution is -0.180. The Balaban J connectivity index is 1.26. The Hall–Kier alpha value is -3.44. The number of nitriles is 1. The number of carbonyl (C=O) groups is 2. The fraction of sp³-hybridized carbons (Fsp3) is 0.517. The van der Waals surface area contributed by atoms with Gasteiger partial charge in [0.1, 0.15) is 0 Å². The van der Waals surface area contributed by atoms with Crippen molar-refractivity contribution in [1.29, 1.82) is 5.26 Å². The average molecular weight is 502 g/mol. The Kier molecular flexibility index (Phi) is 6.45. The molecule has 0 saturated carbocycles. The van der Waals surface area contributed by atoms with Gasteiger partial charge in [0.05, 0.1) is 52.3 Å². The highest BCUT2D eigenvalue weighted by molar-refractivity contribution is 6.12. The van der Waals surface area contributed by atoms with Crippen LogP contribution >= 0.6 is 0 Å². The quantitative estimate of drug-likeness (QED) is 0.424. The molecule has 0 radical (unpaired) electrons. The van der Waals surface area contributed by atoms with E-state index in [0.717, 1.165) is 62.3 Å². The van der Waals surface area contributed by atoms with E-state index < -0.39 is 5.54 Å². The Labute approximate surface area is 218 Å². The van der Waals surface area contributed by atoms with E-state index in [9.17, 15) is 14.9 Å². The van der Waals surface area contributed by atoms with Crippen LogP contribution < -0.4 is 15.1 Å². The molecule has 5 rings (SSSR count). The molecule has 1 aromatic heterocycles. The number of benzene rings is 1. The second-order valence-corrected chi connectivity index (χ2v) is 11.3. The summed E-state index contributed by atoms with van der Waals surface area (Å²) >= 11 is 0. The summed E-state index contributed by atoms with van der Waals surface area (Å²) < 4.78 is 5.85. The van der Waals surface area contributed by atoms with Crippen LogP contribution in [-0.2, 0) is 15.1 Å². The van der Waals surface area contributed by atoms with Crippen molar-refractivity contribution in [3.8, 4) is 6.07 Å². The third-order valence-electron chi connectivity index (χ3n) is 8.22. The molecule has 2 atom stereocenters. The molecule has 37 heavy (non-hydrogen) atoms. The van der Waals surface area contributed by atoms with Crippen molar-refractivity contribution in [2.75, 3.05) is 29.4 Å². The van der Waals surface area contributed by atoms with Gasteiger partial charge in [-0.05, 0) is 50.1 Å². The molecule has 2 fully saturated rings. The first-order valence-corrected chi connectivity index (χ1v) is 13.2. The minimum absolute atomic E-state index is 0.0819. The van der Waals surface area contributed by atoms with Crippen molar-refractivity contribution in [3.63, 3.8) is 0 Å². The van der Waals surface area contributed by atoms with Gasteiger partial charge in [-0.2, -0.15) is 5.26 Å². The van der Waals surface area contributed by atoms with Crippen LogP contribution in [0.15, 0.2) is 36.7 Å². The first-order chi connectivity index (χ1) is 17.7. The smallest absolute Gasteiger partial charge is 0.310 e. The van der Waals surface area contributed by atoms with E-state index in [4.69, 9.17) is 4.74 Å². The summed E-state index contributed by atoms with van der Waals surface area (Å²) in [5.41, 5.74) is 2.97. The largest absolute Gasteiger partial charge is 0.446 e. The van der Waals surface area contributed by atoms with Gasteiger partial charge in [-0.1, -0.05) is 33.1 Å². The molecule has 0 aliphatic carbocycles. The summed E-state index contributed by atoms with van der Waals surface area (Å²) in [4.78, 5) is 34.4. The third-order valence-corrected chi connectivity index (χ3v) is 8.22. The molecule has 2 unspecified atom stereocenters. The van der Waals surface area contributed by atoms with Gasteiger partial charge in [-0.15, -0.1) is 0 Å².